The van der Waals surface area contributed by atoms with Gasteiger partial charge >= 0.3 is 0 Å². The maximum Gasteiger partial charge on any atom is 0.230 e. The predicted octanol–water partition coefficient (Wildman–Crippen LogP) is -0.0411. The molecule has 0 bridgehead atoms. The molecule has 1 atom stereocenters. The molecular formula is C17H25FN6O2. The molecule has 142 valence electrons. The van der Waals surface area contributed by atoms with Crippen LogP contribution >= 0.6 is 0 Å². The van der Waals surface area contributed by atoms with E-state index < -0.39 is 5.82 Å². The number of amides is 1. The van der Waals surface area contributed by atoms with Gasteiger partial charge in [0.15, 0.2) is 11.6 Å². The third kappa shape index (κ3) is 3.21. The van der Waals surface area contributed by atoms with E-state index in [9.17, 15) is 9.18 Å². The van der Waals surface area contributed by atoms with E-state index in [1.165, 1.54) is 0 Å². The maximum atomic E-state index is 13.3. The Morgan fingerprint density at radius 2 is 1.96 bits per heavy atom. The quantitative estimate of drug-likeness (QED) is 0.802. The van der Waals surface area contributed by atoms with Crippen LogP contribution in [0.25, 0.3) is 0 Å². The zero-order chi connectivity index (χ0) is 18.1. The number of anilines is 2. The zero-order valence-corrected chi connectivity index (χ0v) is 14.9. The summed E-state index contributed by atoms with van der Waals surface area (Å²) in [6.07, 6.45) is 2.72. The first-order valence-electron chi connectivity index (χ1n) is 9.20. The maximum absolute atomic E-state index is 13.3. The summed E-state index contributed by atoms with van der Waals surface area (Å²) in [5.41, 5.74) is 5.19. The summed E-state index contributed by atoms with van der Waals surface area (Å²) < 4.78 is 18.7. The van der Waals surface area contributed by atoms with Gasteiger partial charge in [0.2, 0.25) is 11.9 Å². The molecule has 2 N–H and O–H groups in total. The van der Waals surface area contributed by atoms with E-state index in [2.05, 4.69) is 14.9 Å². The van der Waals surface area contributed by atoms with Gasteiger partial charge in [0.05, 0.1) is 24.8 Å². The number of rotatable bonds is 4. The molecule has 1 unspecified atom stereocenters. The van der Waals surface area contributed by atoms with Crippen LogP contribution in [0.1, 0.15) is 12.8 Å². The number of hydrogen-bond donors (Lipinski definition) is 1. The number of nitrogen functional groups attached to an aromatic ring is 1. The van der Waals surface area contributed by atoms with Gasteiger partial charge in [-0.15, -0.1) is 0 Å². The Morgan fingerprint density at radius 3 is 2.73 bits per heavy atom. The van der Waals surface area contributed by atoms with Gasteiger partial charge in [0.1, 0.15) is 0 Å². The molecule has 8 nitrogen and oxygen atoms in total. The minimum Gasteiger partial charge on any atom is -0.381 e. The van der Waals surface area contributed by atoms with Crippen molar-refractivity contribution in [1.82, 2.24) is 19.8 Å². The molecule has 26 heavy (non-hydrogen) atoms. The molecule has 1 amide bonds. The van der Waals surface area contributed by atoms with Crippen molar-refractivity contribution in [3.63, 3.8) is 0 Å². The largest absolute Gasteiger partial charge is 0.381 e. The van der Waals surface area contributed by atoms with Gasteiger partial charge in [0, 0.05) is 45.8 Å². The number of carbonyl (C=O) groups is 1. The van der Waals surface area contributed by atoms with E-state index in [1.54, 1.807) is 0 Å². The van der Waals surface area contributed by atoms with Gasteiger partial charge in [-0.1, -0.05) is 0 Å². The second-order valence-corrected chi connectivity index (χ2v) is 7.35. The first-order valence-corrected chi connectivity index (χ1v) is 9.20. The van der Waals surface area contributed by atoms with Crippen molar-refractivity contribution in [2.45, 2.75) is 12.8 Å². The second kappa shape index (κ2) is 6.96. The number of nitrogens with zero attached hydrogens (tertiary/aromatic N) is 5. The molecule has 1 spiro atoms. The molecule has 9 heteroatoms. The third-order valence-electron chi connectivity index (χ3n) is 5.79. The van der Waals surface area contributed by atoms with E-state index in [0.717, 1.165) is 65.0 Å². The lowest BCUT2D eigenvalue weighted by molar-refractivity contribution is -0.135. The highest BCUT2D eigenvalue weighted by Gasteiger charge is 2.51. The topological polar surface area (TPSA) is 87.8 Å². The highest BCUT2D eigenvalue weighted by atomic mass is 19.1. The Labute approximate surface area is 152 Å². The first kappa shape index (κ1) is 17.4. The molecule has 0 aliphatic carbocycles. The van der Waals surface area contributed by atoms with Gasteiger partial charge < -0.3 is 20.3 Å². The normalized spacial score (nSPS) is 27.0. The highest BCUT2D eigenvalue weighted by Crippen LogP contribution is 2.41. The van der Waals surface area contributed by atoms with Crippen LogP contribution < -0.4 is 10.6 Å². The monoisotopic (exact) mass is 364 g/mol. The Hall–Kier alpha value is -2.00. The SMILES string of the molecule is Nc1nc(N2CCC3(CCN(CCN4CCOCC4)C3=O)C2)ncc1F. The first-order chi connectivity index (χ1) is 12.6. The van der Waals surface area contributed by atoms with Crippen molar-refractivity contribution >= 4 is 17.7 Å². The number of hydrogen-bond acceptors (Lipinski definition) is 7. The smallest absolute Gasteiger partial charge is 0.230 e. The fraction of sp³-hybridized carbons (Fsp3) is 0.706. The van der Waals surface area contributed by atoms with Gasteiger partial charge in [-0.3, -0.25) is 9.69 Å². The lowest BCUT2D eigenvalue weighted by atomic mass is 9.85. The minimum absolute atomic E-state index is 0.152. The van der Waals surface area contributed by atoms with E-state index in [4.69, 9.17) is 10.5 Å². The number of carbonyl (C=O) groups excluding carboxylic acids is 1. The van der Waals surface area contributed by atoms with E-state index in [0.29, 0.717) is 19.0 Å². The summed E-state index contributed by atoms with van der Waals surface area (Å²) in [5, 5.41) is 0. The average Bonchev–Trinajstić information content (AvgIpc) is 3.22. The van der Waals surface area contributed by atoms with Crippen LogP contribution in [0.15, 0.2) is 6.20 Å². The van der Waals surface area contributed by atoms with Crippen LogP contribution in [-0.2, 0) is 9.53 Å². The minimum atomic E-state index is -0.617. The highest BCUT2D eigenvalue weighted by molar-refractivity contribution is 5.86. The number of morpholine rings is 1. The molecule has 0 aromatic carbocycles. The van der Waals surface area contributed by atoms with Crippen molar-refractivity contribution in [2.75, 3.05) is 69.7 Å². The molecule has 1 aromatic rings. The lowest BCUT2D eigenvalue weighted by Crippen LogP contribution is -2.43. The number of nitrogens with two attached hydrogens (primary N) is 1. The van der Waals surface area contributed by atoms with Gasteiger partial charge in [0.25, 0.3) is 0 Å². The Balaban J connectivity index is 1.37. The summed E-state index contributed by atoms with van der Waals surface area (Å²) in [6, 6.07) is 0. The fourth-order valence-corrected chi connectivity index (χ4v) is 4.14. The van der Waals surface area contributed by atoms with Crippen LogP contribution in [0, 0.1) is 11.2 Å². The summed E-state index contributed by atoms with van der Waals surface area (Å²) in [4.78, 5) is 27.4. The van der Waals surface area contributed by atoms with E-state index in [1.807, 2.05) is 9.80 Å². The van der Waals surface area contributed by atoms with Crippen LogP contribution in [0.3, 0.4) is 0 Å². The van der Waals surface area contributed by atoms with Crippen LogP contribution in [-0.4, -0.2) is 84.7 Å². The molecular weight excluding hydrogens is 339 g/mol. The van der Waals surface area contributed by atoms with Gasteiger partial charge in [-0.25, -0.2) is 9.37 Å². The third-order valence-corrected chi connectivity index (χ3v) is 5.79. The average molecular weight is 364 g/mol. The number of halogens is 1. The molecule has 0 saturated carbocycles. The van der Waals surface area contributed by atoms with Crippen molar-refractivity contribution in [3.05, 3.63) is 12.0 Å². The Kier molecular flexibility index (Phi) is 4.66. The molecule has 1 aromatic heterocycles. The number of ether oxygens (including phenoxy) is 1. The molecule has 3 saturated heterocycles. The van der Waals surface area contributed by atoms with Crippen LogP contribution in [0.4, 0.5) is 16.2 Å². The number of aromatic nitrogens is 2. The Morgan fingerprint density at radius 1 is 1.19 bits per heavy atom. The van der Waals surface area contributed by atoms with Crippen LogP contribution in [0.2, 0.25) is 0 Å². The number of likely N-dealkylation sites (tertiary alicyclic amines) is 1. The standard InChI is InChI=1S/C17H25FN6O2/c18-13-11-20-16(21-14(13)19)24-4-2-17(12-24)1-3-23(15(17)25)6-5-22-7-9-26-10-8-22/h11H,1-10,12H2,(H2,19,20,21). The summed E-state index contributed by atoms with van der Waals surface area (Å²) in [6.45, 7) is 7.13. The van der Waals surface area contributed by atoms with Gasteiger partial charge in [-0.2, -0.15) is 4.98 Å². The van der Waals surface area contributed by atoms with Crippen molar-refractivity contribution in [1.29, 1.82) is 0 Å². The van der Waals surface area contributed by atoms with E-state index >= 15 is 0 Å². The molecule has 4 rings (SSSR count). The Bertz CT molecular complexity index is 683. The molecule has 3 fully saturated rings. The fourth-order valence-electron chi connectivity index (χ4n) is 4.14. The van der Waals surface area contributed by atoms with Crippen molar-refractivity contribution in [2.24, 2.45) is 5.41 Å². The second-order valence-electron chi connectivity index (χ2n) is 7.35. The van der Waals surface area contributed by atoms with Crippen LogP contribution in [0.5, 0.6) is 0 Å². The molecule has 0 radical (unpaired) electrons. The zero-order valence-electron chi connectivity index (χ0n) is 14.9. The predicted molar refractivity (Wildman–Crippen MR) is 94.1 cm³/mol. The summed E-state index contributed by atoms with van der Waals surface area (Å²) in [7, 11) is 0. The van der Waals surface area contributed by atoms with Crippen molar-refractivity contribution in [3.8, 4) is 0 Å². The van der Waals surface area contributed by atoms with E-state index in [-0.39, 0.29) is 17.1 Å². The summed E-state index contributed by atoms with van der Waals surface area (Å²) >= 11 is 0. The molecule has 4 heterocycles. The molecule has 3 aliphatic heterocycles. The van der Waals surface area contributed by atoms with Gasteiger partial charge in [-0.05, 0) is 12.8 Å². The lowest BCUT2D eigenvalue weighted by Gasteiger charge is -2.29. The van der Waals surface area contributed by atoms with Crippen molar-refractivity contribution < 1.29 is 13.9 Å². The molecule has 3 aliphatic rings. The summed E-state index contributed by atoms with van der Waals surface area (Å²) in [5.74, 6) is -0.140.